The van der Waals surface area contributed by atoms with Crippen molar-refractivity contribution in [2.45, 2.75) is 24.9 Å². The van der Waals surface area contributed by atoms with Crippen molar-refractivity contribution in [2.24, 2.45) is 5.73 Å². The Bertz CT molecular complexity index is 488. The van der Waals surface area contributed by atoms with Gasteiger partial charge in [0, 0.05) is 24.8 Å². The molecule has 1 aliphatic rings. The van der Waals surface area contributed by atoms with Gasteiger partial charge in [-0.2, -0.15) is 0 Å². The van der Waals surface area contributed by atoms with Gasteiger partial charge < -0.3 is 15.6 Å². The summed E-state index contributed by atoms with van der Waals surface area (Å²) in [5.41, 5.74) is 6.20. The van der Waals surface area contributed by atoms with E-state index in [4.69, 9.17) is 10.5 Å². The van der Waals surface area contributed by atoms with Crippen molar-refractivity contribution >= 4 is 5.78 Å². The number of rotatable bonds is 6. The molecule has 19 heavy (non-hydrogen) atoms. The number of aliphatic hydroxyl groups is 1. The van der Waals surface area contributed by atoms with Crippen LogP contribution in [0.25, 0.3) is 0 Å². The fourth-order valence-electron chi connectivity index (χ4n) is 2.23. The van der Waals surface area contributed by atoms with Crippen LogP contribution in [0.5, 0.6) is 5.75 Å². The number of Topliss-reactive ketones (excluding diaryl/α,β-unsaturated/α-hetero) is 1. The highest BCUT2D eigenvalue weighted by molar-refractivity contribution is 5.96. The highest BCUT2D eigenvalue weighted by Crippen LogP contribution is 2.36. The average molecular weight is 261 g/mol. The van der Waals surface area contributed by atoms with Crippen LogP contribution in [-0.4, -0.2) is 29.6 Å². The quantitative estimate of drug-likeness (QED) is 0.603. The molecule has 0 aliphatic heterocycles. The molecule has 1 saturated carbocycles. The Morgan fingerprint density at radius 3 is 2.84 bits per heavy atom. The molecule has 3 N–H and O–H groups in total. The van der Waals surface area contributed by atoms with E-state index in [1.54, 1.807) is 24.3 Å². The zero-order chi connectivity index (χ0) is 13.9. The van der Waals surface area contributed by atoms with Crippen molar-refractivity contribution in [1.29, 1.82) is 0 Å². The summed E-state index contributed by atoms with van der Waals surface area (Å²) in [5.74, 6) is 0.595. The molecule has 0 spiro atoms. The number of nitrogens with two attached hydrogens (primary N) is 1. The molecule has 1 aliphatic carbocycles. The third-order valence-electron chi connectivity index (χ3n) is 3.19. The van der Waals surface area contributed by atoms with Crippen LogP contribution < -0.4 is 10.5 Å². The van der Waals surface area contributed by atoms with Crippen molar-refractivity contribution in [3.05, 3.63) is 42.0 Å². The van der Waals surface area contributed by atoms with E-state index in [1.807, 2.05) is 0 Å². The second-order valence-electron chi connectivity index (χ2n) is 5.11. The van der Waals surface area contributed by atoms with E-state index in [1.165, 1.54) is 0 Å². The zero-order valence-corrected chi connectivity index (χ0v) is 10.9. The molecule has 1 fully saturated rings. The number of hydrogen-bond acceptors (Lipinski definition) is 4. The first-order valence-corrected chi connectivity index (χ1v) is 6.38. The van der Waals surface area contributed by atoms with E-state index in [-0.39, 0.29) is 12.4 Å². The van der Waals surface area contributed by atoms with E-state index >= 15 is 0 Å². The lowest BCUT2D eigenvalue weighted by atomic mass is 9.77. The average Bonchev–Trinajstić information content (AvgIpc) is 2.35. The minimum Gasteiger partial charge on any atom is -0.491 e. The Morgan fingerprint density at radius 1 is 1.47 bits per heavy atom. The molecule has 0 heterocycles. The van der Waals surface area contributed by atoms with Gasteiger partial charge in [-0.05, 0) is 18.7 Å². The van der Waals surface area contributed by atoms with Crippen LogP contribution in [0.15, 0.2) is 36.4 Å². The molecular weight excluding hydrogens is 242 g/mol. The van der Waals surface area contributed by atoms with Gasteiger partial charge in [0.15, 0.2) is 5.78 Å². The Hall–Kier alpha value is -1.65. The second-order valence-corrected chi connectivity index (χ2v) is 5.11. The first kappa shape index (κ1) is 13.8. The lowest BCUT2D eigenvalue weighted by Gasteiger charge is -2.38. The third kappa shape index (κ3) is 3.43. The first-order chi connectivity index (χ1) is 9.02. The Labute approximate surface area is 112 Å². The van der Waals surface area contributed by atoms with Gasteiger partial charge in [0.25, 0.3) is 0 Å². The molecular formula is C15H19NO3. The van der Waals surface area contributed by atoms with Gasteiger partial charge in [0.1, 0.15) is 18.0 Å². The van der Waals surface area contributed by atoms with Gasteiger partial charge in [-0.25, -0.2) is 0 Å². The van der Waals surface area contributed by atoms with Crippen molar-refractivity contribution in [1.82, 2.24) is 0 Å². The Balaban J connectivity index is 1.95. The maximum Gasteiger partial charge on any atom is 0.164 e. The molecule has 0 unspecified atom stereocenters. The van der Waals surface area contributed by atoms with E-state index in [9.17, 15) is 9.90 Å². The van der Waals surface area contributed by atoms with Crippen LogP contribution in [0.4, 0.5) is 0 Å². The fourth-order valence-corrected chi connectivity index (χ4v) is 2.23. The molecule has 0 saturated heterocycles. The summed E-state index contributed by atoms with van der Waals surface area (Å²) in [6.45, 7) is 4.36. The van der Waals surface area contributed by atoms with Gasteiger partial charge in [0.2, 0.25) is 0 Å². The zero-order valence-electron chi connectivity index (χ0n) is 10.9. The second kappa shape index (κ2) is 5.55. The summed E-state index contributed by atoms with van der Waals surface area (Å²) in [6, 6.07) is 6.97. The van der Waals surface area contributed by atoms with Gasteiger partial charge in [-0.1, -0.05) is 24.3 Å². The van der Waals surface area contributed by atoms with Crippen molar-refractivity contribution in [3.63, 3.8) is 0 Å². The van der Waals surface area contributed by atoms with Gasteiger partial charge in [-0.15, -0.1) is 0 Å². The summed E-state index contributed by atoms with van der Waals surface area (Å²) in [6.07, 6.45) is 1.49. The van der Waals surface area contributed by atoms with Gasteiger partial charge in [0.05, 0.1) is 0 Å². The van der Waals surface area contributed by atoms with Crippen molar-refractivity contribution in [2.75, 3.05) is 13.2 Å². The maximum absolute atomic E-state index is 11.7. The van der Waals surface area contributed by atoms with Crippen molar-refractivity contribution in [3.8, 4) is 5.75 Å². The third-order valence-corrected chi connectivity index (χ3v) is 3.19. The fraction of sp³-hybridized carbons (Fsp3) is 0.400. The molecule has 0 radical (unpaired) electrons. The van der Waals surface area contributed by atoms with Crippen LogP contribution in [-0.2, 0) is 0 Å². The summed E-state index contributed by atoms with van der Waals surface area (Å²) in [5, 5.41) is 10.0. The number of ether oxygens (including phenoxy) is 1. The molecule has 0 atom stereocenters. The maximum atomic E-state index is 11.7. The molecule has 0 aromatic heterocycles. The lowest BCUT2D eigenvalue weighted by molar-refractivity contribution is -0.0359. The molecule has 0 bridgehead atoms. The highest BCUT2D eigenvalue weighted by Gasteiger charge is 2.38. The summed E-state index contributed by atoms with van der Waals surface area (Å²) in [7, 11) is 0. The molecule has 1 aromatic carbocycles. The molecule has 102 valence electrons. The molecule has 1 aromatic rings. The normalized spacial score (nSPS) is 16.8. The van der Waals surface area contributed by atoms with E-state index in [2.05, 4.69) is 6.58 Å². The summed E-state index contributed by atoms with van der Waals surface area (Å²) < 4.78 is 5.56. The number of hydrogen-bond donors (Lipinski definition) is 2. The Kier molecular flexibility index (Phi) is 4.02. The largest absolute Gasteiger partial charge is 0.491 e. The van der Waals surface area contributed by atoms with Crippen molar-refractivity contribution < 1.29 is 14.6 Å². The summed E-state index contributed by atoms with van der Waals surface area (Å²) in [4.78, 5) is 11.7. The van der Waals surface area contributed by atoms with Gasteiger partial charge in [-0.3, -0.25) is 4.79 Å². The smallest absolute Gasteiger partial charge is 0.164 e. The molecule has 4 heteroatoms. The minimum atomic E-state index is -0.797. The van der Waals surface area contributed by atoms with Crippen LogP contribution in [0.1, 0.15) is 29.6 Å². The highest BCUT2D eigenvalue weighted by atomic mass is 16.5. The number of carbonyl (C=O) groups is 1. The molecule has 2 rings (SSSR count). The van der Waals surface area contributed by atoms with Crippen LogP contribution in [0.2, 0.25) is 0 Å². The first-order valence-electron chi connectivity index (χ1n) is 6.38. The molecule has 4 nitrogen and oxygen atoms in total. The van der Waals surface area contributed by atoms with E-state index in [0.717, 1.165) is 5.57 Å². The SMILES string of the molecule is C=C1CC(O)(COc2cccc(C(=O)CCN)c2)C1. The predicted octanol–water partition coefficient (Wildman–Crippen LogP) is 1.68. The number of ketones is 1. The van der Waals surface area contributed by atoms with Gasteiger partial charge >= 0.3 is 0 Å². The van der Waals surface area contributed by atoms with Crippen LogP contribution in [0.3, 0.4) is 0 Å². The lowest BCUT2D eigenvalue weighted by Crippen LogP contribution is -2.44. The number of carbonyl (C=O) groups excluding carboxylic acids is 1. The summed E-state index contributed by atoms with van der Waals surface area (Å²) >= 11 is 0. The topological polar surface area (TPSA) is 72.5 Å². The number of benzene rings is 1. The monoisotopic (exact) mass is 261 g/mol. The van der Waals surface area contributed by atoms with E-state index < -0.39 is 5.60 Å². The van der Waals surface area contributed by atoms with E-state index in [0.29, 0.717) is 37.1 Å². The van der Waals surface area contributed by atoms with Crippen LogP contribution >= 0.6 is 0 Å². The van der Waals surface area contributed by atoms with Crippen LogP contribution in [0, 0.1) is 0 Å². The minimum absolute atomic E-state index is 0.00341. The molecule has 0 amide bonds. The Morgan fingerprint density at radius 2 is 2.21 bits per heavy atom. The standard InChI is InChI=1S/C15H19NO3/c1-11-8-15(18,9-11)10-19-13-4-2-3-12(7-13)14(17)5-6-16/h2-4,7,18H,1,5-6,8-10,16H2. The predicted molar refractivity (Wildman–Crippen MR) is 73.3 cm³/mol.